The van der Waals surface area contributed by atoms with Gasteiger partial charge in [-0.1, -0.05) is 57.6 Å². The molecule has 1 aromatic heterocycles. The summed E-state index contributed by atoms with van der Waals surface area (Å²) in [7, 11) is 0. The molecule has 0 aliphatic carbocycles. The number of benzene rings is 1. The molecular formula is C18H23O2. The summed E-state index contributed by atoms with van der Waals surface area (Å²) in [5.74, 6) is 0. The lowest BCUT2D eigenvalue weighted by Crippen LogP contribution is -2.00. The Kier molecular flexibility index (Phi) is 5.85. The molecule has 0 aliphatic heterocycles. The van der Waals surface area contributed by atoms with E-state index in [1.54, 1.807) is 12.1 Å². The Labute approximate surface area is 120 Å². The summed E-state index contributed by atoms with van der Waals surface area (Å²) < 4.78 is 5.19. The molecule has 2 nitrogen and oxygen atoms in total. The van der Waals surface area contributed by atoms with E-state index in [1.807, 2.05) is 12.1 Å². The van der Waals surface area contributed by atoms with E-state index in [4.69, 9.17) is 4.42 Å². The average molecular weight is 271 g/mol. The van der Waals surface area contributed by atoms with Gasteiger partial charge in [-0.25, -0.2) is 4.79 Å². The Morgan fingerprint density at radius 2 is 1.85 bits per heavy atom. The number of rotatable bonds is 8. The fourth-order valence-corrected chi connectivity index (χ4v) is 2.60. The van der Waals surface area contributed by atoms with E-state index in [0.717, 1.165) is 23.8 Å². The maximum Gasteiger partial charge on any atom is 0.336 e. The van der Waals surface area contributed by atoms with Crippen molar-refractivity contribution in [2.24, 2.45) is 0 Å². The highest BCUT2D eigenvalue weighted by Gasteiger charge is 2.04. The molecule has 0 fully saturated rings. The van der Waals surface area contributed by atoms with Crippen LogP contribution in [0.3, 0.4) is 0 Å². The van der Waals surface area contributed by atoms with Gasteiger partial charge in [0, 0.05) is 11.5 Å². The van der Waals surface area contributed by atoms with Crippen molar-refractivity contribution in [1.29, 1.82) is 0 Å². The SMILES string of the molecule is CCCCCCCCCc1cc(=O)oc2c[c]ccc12. The standard InChI is InChI=1S/C18H23O2/c1-2-3-4-5-6-7-8-11-15-14-18(19)20-17-13-10-9-12-16(15)17/h9,12-14H,2-8,11H2,1H3. The maximum atomic E-state index is 11.5. The van der Waals surface area contributed by atoms with Crippen LogP contribution in [0.4, 0.5) is 0 Å². The third-order valence-electron chi connectivity index (χ3n) is 3.72. The second-order valence-corrected chi connectivity index (χ2v) is 5.38. The second kappa shape index (κ2) is 7.88. The molecule has 2 rings (SSSR count). The van der Waals surface area contributed by atoms with Crippen LogP contribution < -0.4 is 5.63 Å². The van der Waals surface area contributed by atoms with Gasteiger partial charge in [0.05, 0.1) is 0 Å². The predicted octanol–water partition coefficient (Wildman–Crippen LogP) is 4.89. The molecule has 0 unspecified atom stereocenters. The van der Waals surface area contributed by atoms with Crippen LogP contribution >= 0.6 is 0 Å². The van der Waals surface area contributed by atoms with Crippen molar-refractivity contribution in [2.75, 3.05) is 0 Å². The van der Waals surface area contributed by atoms with E-state index in [1.165, 1.54) is 38.5 Å². The molecule has 0 aliphatic rings. The van der Waals surface area contributed by atoms with Crippen LogP contribution in [0.1, 0.15) is 57.4 Å². The Balaban J connectivity index is 1.88. The zero-order chi connectivity index (χ0) is 14.2. The maximum absolute atomic E-state index is 11.5. The zero-order valence-electron chi connectivity index (χ0n) is 12.3. The van der Waals surface area contributed by atoms with Gasteiger partial charge in [0.2, 0.25) is 0 Å². The highest BCUT2D eigenvalue weighted by Crippen LogP contribution is 2.18. The molecule has 0 atom stereocenters. The summed E-state index contributed by atoms with van der Waals surface area (Å²) in [6.45, 7) is 2.24. The Bertz CT molecular complexity index is 583. The van der Waals surface area contributed by atoms with Crippen molar-refractivity contribution in [1.82, 2.24) is 0 Å². The van der Waals surface area contributed by atoms with Crippen LogP contribution in [0.5, 0.6) is 0 Å². The average Bonchev–Trinajstić information content (AvgIpc) is 2.46. The van der Waals surface area contributed by atoms with E-state index >= 15 is 0 Å². The normalized spacial score (nSPS) is 11.1. The number of fused-ring (bicyclic) bond motifs is 1. The van der Waals surface area contributed by atoms with Crippen LogP contribution in [-0.4, -0.2) is 0 Å². The van der Waals surface area contributed by atoms with Gasteiger partial charge in [-0.05, 0) is 30.5 Å². The largest absolute Gasteiger partial charge is 0.423 e. The van der Waals surface area contributed by atoms with E-state index in [2.05, 4.69) is 13.0 Å². The first-order chi connectivity index (χ1) is 9.81. The van der Waals surface area contributed by atoms with Crippen LogP contribution in [0.2, 0.25) is 0 Å². The lowest BCUT2D eigenvalue weighted by Gasteiger charge is -2.05. The van der Waals surface area contributed by atoms with Gasteiger partial charge in [-0.2, -0.15) is 0 Å². The second-order valence-electron chi connectivity index (χ2n) is 5.38. The summed E-state index contributed by atoms with van der Waals surface area (Å²) in [6.07, 6.45) is 9.97. The molecule has 0 saturated heterocycles. The molecule has 1 radical (unpaired) electrons. The Hall–Kier alpha value is -1.57. The minimum atomic E-state index is -0.255. The molecule has 0 saturated carbocycles. The first-order valence-corrected chi connectivity index (χ1v) is 7.74. The van der Waals surface area contributed by atoms with Crippen LogP contribution in [0.15, 0.2) is 33.5 Å². The summed E-state index contributed by atoms with van der Waals surface area (Å²) in [4.78, 5) is 11.5. The number of hydrogen-bond acceptors (Lipinski definition) is 2. The molecule has 2 aromatic rings. The van der Waals surface area contributed by atoms with Gasteiger partial charge < -0.3 is 4.42 Å². The smallest absolute Gasteiger partial charge is 0.336 e. The summed E-state index contributed by atoms with van der Waals surface area (Å²) in [6, 6.07) is 10.2. The lowest BCUT2D eigenvalue weighted by atomic mass is 10.0. The molecule has 0 spiro atoms. The minimum Gasteiger partial charge on any atom is -0.423 e. The van der Waals surface area contributed by atoms with Gasteiger partial charge in [0.25, 0.3) is 0 Å². The van der Waals surface area contributed by atoms with Crippen molar-refractivity contribution < 1.29 is 4.42 Å². The van der Waals surface area contributed by atoms with Crippen molar-refractivity contribution >= 4 is 11.0 Å². The van der Waals surface area contributed by atoms with Gasteiger partial charge in [-0.3, -0.25) is 0 Å². The van der Waals surface area contributed by atoms with Gasteiger partial charge in [0.1, 0.15) is 5.58 Å². The van der Waals surface area contributed by atoms with E-state index in [9.17, 15) is 4.79 Å². The Morgan fingerprint density at radius 1 is 1.10 bits per heavy atom. The summed E-state index contributed by atoms with van der Waals surface area (Å²) >= 11 is 0. The number of hydrogen-bond donors (Lipinski definition) is 0. The monoisotopic (exact) mass is 271 g/mol. The molecular weight excluding hydrogens is 248 g/mol. The highest BCUT2D eigenvalue weighted by atomic mass is 16.4. The first kappa shape index (κ1) is 14.8. The van der Waals surface area contributed by atoms with Gasteiger partial charge in [-0.15, -0.1) is 0 Å². The molecule has 20 heavy (non-hydrogen) atoms. The fraction of sp³-hybridized carbons (Fsp3) is 0.500. The molecule has 1 heterocycles. The van der Waals surface area contributed by atoms with Crippen molar-refractivity contribution in [3.05, 3.63) is 46.3 Å². The van der Waals surface area contributed by atoms with E-state index in [0.29, 0.717) is 5.58 Å². The van der Waals surface area contributed by atoms with Crippen LogP contribution in [0, 0.1) is 6.07 Å². The van der Waals surface area contributed by atoms with Crippen molar-refractivity contribution in [2.45, 2.75) is 58.3 Å². The summed E-state index contributed by atoms with van der Waals surface area (Å²) in [5, 5.41) is 1.05. The van der Waals surface area contributed by atoms with Crippen molar-refractivity contribution in [3.63, 3.8) is 0 Å². The molecule has 0 N–H and O–H groups in total. The molecule has 107 valence electrons. The first-order valence-electron chi connectivity index (χ1n) is 7.74. The lowest BCUT2D eigenvalue weighted by molar-refractivity contribution is 0.556. The molecule has 2 heteroatoms. The topological polar surface area (TPSA) is 30.2 Å². The van der Waals surface area contributed by atoms with E-state index < -0.39 is 0 Å². The predicted molar refractivity (Wildman–Crippen MR) is 83.0 cm³/mol. The molecule has 0 amide bonds. The minimum absolute atomic E-state index is 0.255. The third-order valence-corrected chi connectivity index (χ3v) is 3.72. The quantitative estimate of drug-likeness (QED) is 0.505. The van der Waals surface area contributed by atoms with Crippen LogP contribution in [-0.2, 0) is 6.42 Å². The number of aryl methyl sites for hydroxylation is 1. The third kappa shape index (κ3) is 4.22. The Morgan fingerprint density at radius 3 is 2.65 bits per heavy atom. The van der Waals surface area contributed by atoms with Crippen LogP contribution in [0.25, 0.3) is 11.0 Å². The van der Waals surface area contributed by atoms with Gasteiger partial charge >= 0.3 is 5.63 Å². The molecule has 0 bridgehead atoms. The number of unbranched alkanes of at least 4 members (excludes halogenated alkanes) is 6. The highest BCUT2D eigenvalue weighted by molar-refractivity contribution is 5.79. The fourth-order valence-electron chi connectivity index (χ4n) is 2.60. The zero-order valence-corrected chi connectivity index (χ0v) is 12.3. The molecule has 1 aromatic carbocycles. The van der Waals surface area contributed by atoms with E-state index in [-0.39, 0.29) is 5.63 Å². The van der Waals surface area contributed by atoms with Crippen molar-refractivity contribution in [3.8, 4) is 0 Å². The van der Waals surface area contributed by atoms with Gasteiger partial charge in [0.15, 0.2) is 0 Å². The summed E-state index contributed by atoms with van der Waals surface area (Å²) in [5.41, 5.74) is 1.51.